The summed E-state index contributed by atoms with van der Waals surface area (Å²) in [6.45, 7) is 6.84. The van der Waals surface area contributed by atoms with Crippen LogP contribution in [0.2, 0.25) is 0 Å². The van der Waals surface area contributed by atoms with Gasteiger partial charge in [-0.1, -0.05) is 279 Å². The van der Waals surface area contributed by atoms with Crippen LogP contribution in [0.1, 0.15) is 271 Å². The third-order valence-electron chi connectivity index (χ3n) is 13.9. The molecular weight excluding hydrogens is 988 g/mol. The van der Waals surface area contributed by atoms with Gasteiger partial charge in [0.15, 0.2) is 0 Å². The number of carbonyl (C=O) groups is 2. The van der Waals surface area contributed by atoms with Crippen molar-refractivity contribution in [2.45, 2.75) is 283 Å². The van der Waals surface area contributed by atoms with E-state index < -0.39 is 20.0 Å². The number of esters is 1. The molecule has 0 aliphatic rings. The van der Waals surface area contributed by atoms with E-state index >= 15 is 0 Å². The quantitative estimate of drug-likeness (QED) is 0.0156. The number of phosphoric acid groups is 1. The van der Waals surface area contributed by atoms with Crippen molar-refractivity contribution in [3.8, 4) is 0 Å². The molecule has 78 heavy (non-hydrogen) atoms. The number of rotatable bonds is 57. The number of phosphoric ester groups is 1. The van der Waals surface area contributed by atoms with E-state index in [1.165, 1.54) is 167 Å². The van der Waals surface area contributed by atoms with Crippen molar-refractivity contribution in [3.63, 3.8) is 0 Å². The number of allylic oxidation sites excluding steroid dienone is 15. The molecule has 0 heterocycles. The monoisotopic (exact) mass is 1110 g/mol. The highest BCUT2D eigenvalue weighted by Gasteiger charge is 2.30. The number of hydrogen-bond donors (Lipinski definition) is 2. The molecular formula is C68H122N2O7P+. The first-order chi connectivity index (χ1) is 37.9. The van der Waals surface area contributed by atoms with E-state index in [0.29, 0.717) is 23.9 Å². The molecule has 0 spiro atoms. The molecule has 0 saturated carbocycles. The van der Waals surface area contributed by atoms with Gasteiger partial charge in [0.2, 0.25) is 5.91 Å². The molecule has 0 bridgehead atoms. The normalized spacial score (nSPS) is 14.3. The molecule has 0 aromatic heterocycles. The fourth-order valence-corrected chi connectivity index (χ4v) is 9.70. The van der Waals surface area contributed by atoms with Crippen LogP contribution in [0.5, 0.6) is 0 Å². The van der Waals surface area contributed by atoms with Crippen LogP contribution in [0, 0.1) is 0 Å². The Bertz CT molecular complexity index is 1660. The Morgan fingerprint density at radius 1 is 0.462 bits per heavy atom. The summed E-state index contributed by atoms with van der Waals surface area (Å²) in [5.41, 5.74) is 0. The van der Waals surface area contributed by atoms with E-state index in [-0.39, 0.29) is 31.5 Å². The lowest BCUT2D eigenvalue weighted by Gasteiger charge is -2.27. The Kier molecular flexibility index (Phi) is 54.9. The van der Waals surface area contributed by atoms with Gasteiger partial charge in [-0.3, -0.25) is 18.6 Å². The van der Waals surface area contributed by atoms with Crippen molar-refractivity contribution in [1.82, 2.24) is 5.32 Å². The molecule has 2 N–H and O–H groups in total. The van der Waals surface area contributed by atoms with E-state index in [0.717, 1.165) is 64.2 Å². The predicted molar refractivity (Wildman–Crippen MR) is 337 cm³/mol. The van der Waals surface area contributed by atoms with E-state index in [1.807, 2.05) is 94.1 Å². The van der Waals surface area contributed by atoms with Crippen molar-refractivity contribution in [3.05, 3.63) is 97.2 Å². The predicted octanol–water partition coefficient (Wildman–Crippen LogP) is 19.9. The molecule has 1 amide bonds. The molecule has 0 aliphatic carbocycles. The summed E-state index contributed by atoms with van der Waals surface area (Å²) in [7, 11) is 1.46. The van der Waals surface area contributed by atoms with E-state index in [1.54, 1.807) is 0 Å². The van der Waals surface area contributed by atoms with Crippen LogP contribution >= 0.6 is 7.82 Å². The fraction of sp³-hybridized carbons (Fsp3) is 0.735. The van der Waals surface area contributed by atoms with Gasteiger partial charge in [0.1, 0.15) is 19.3 Å². The van der Waals surface area contributed by atoms with Crippen molar-refractivity contribution < 1.29 is 37.3 Å². The lowest BCUT2D eigenvalue weighted by atomic mass is 10.0. The number of amides is 1. The molecule has 0 radical (unpaired) electrons. The first kappa shape index (κ1) is 74.9. The fourth-order valence-electron chi connectivity index (χ4n) is 8.97. The first-order valence-corrected chi connectivity index (χ1v) is 33.6. The van der Waals surface area contributed by atoms with Gasteiger partial charge < -0.3 is 19.4 Å². The van der Waals surface area contributed by atoms with Crippen LogP contribution in [0.25, 0.3) is 0 Å². The maximum absolute atomic E-state index is 13.6. The molecule has 0 rings (SSSR count). The Labute approximate surface area is 481 Å². The molecule has 450 valence electrons. The molecule has 0 aromatic rings. The summed E-state index contributed by atoms with van der Waals surface area (Å²) in [6.07, 6.45) is 77.0. The van der Waals surface area contributed by atoms with Gasteiger partial charge in [0.05, 0.1) is 33.8 Å². The minimum Gasteiger partial charge on any atom is -0.456 e. The lowest BCUT2D eigenvalue weighted by Crippen LogP contribution is -2.47. The van der Waals surface area contributed by atoms with Crippen LogP contribution in [0.3, 0.4) is 0 Å². The molecule has 3 atom stereocenters. The van der Waals surface area contributed by atoms with Gasteiger partial charge in [-0.15, -0.1) is 0 Å². The average molecular weight is 1110 g/mol. The van der Waals surface area contributed by atoms with Crippen LogP contribution in [0.15, 0.2) is 97.2 Å². The van der Waals surface area contributed by atoms with E-state index in [9.17, 15) is 19.0 Å². The zero-order valence-corrected chi connectivity index (χ0v) is 52.3. The number of nitrogens with zero attached hydrogens (tertiary/aromatic N) is 1. The third kappa shape index (κ3) is 57.6. The van der Waals surface area contributed by atoms with Gasteiger partial charge in [-0.2, -0.15) is 0 Å². The van der Waals surface area contributed by atoms with Crippen LogP contribution < -0.4 is 5.32 Å². The number of likely N-dealkylation sites (N-methyl/N-ethyl adjacent to an activating group) is 1. The summed E-state index contributed by atoms with van der Waals surface area (Å²) in [4.78, 5) is 37.7. The molecule has 0 saturated heterocycles. The number of hydrogen-bond acceptors (Lipinski definition) is 6. The van der Waals surface area contributed by atoms with Crippen molar-refractivity contribution >= 4 is 19.7 Å². The topological polar surface area (TPSA) is 111 Å². The van der Waals surface area contributed by atoms with Gasteiger partial charge in [-0.25, -0.2) is 4.57 Å². The lowest BCUT2D eigenvalue weighted by molar-refractivity contribution is -0.870. The summed E-state index contributed by atoms with van der Waals surface area (Å²) >= 11 is 0. The Morgan fingerprint density at radius 3 is 1.28 bits per heavy atom. The number of unbranched alkanes of at least 4 members (excludes halogenated alkanes) is 32. The zero-order chi connectivity index (χ0) is 57.2. The largest absolute Gasteiger partial charge is 0.472 e. The average Bonchev–Trinajstić information content (AvgIpc) is 3.40. The molecule has 0 fully saturated rings. The summed E-state index contributed by atoms with van der Waals surface area (Å²) in [5, 5.41) is 3.05. The molecule has 10 heteroatoms. The molecule has 9 nitrogen and oxygen atoms in total. The highest BCUT2D eigenvalue weighted by atomic mass is 31.2. The van der Waals surface area contributed by atoms with Crippen LogP contribution in [0.4, 0.5) is 0 Å². The first-order valence-electron chi connectivity index (χ1n) is 32.1. The number of ether oxygens (including phenoxy) is 1. The zero-order valence-electron chi connectivity index (χ0n) is 51.4. The van der Waals surface area contributed by atoms with E-state index in [2.05, 4.69) is 50.4 Å². The van der Waals surface area contributed by atoms with E-state index in [4.69, 9.17) is 13.8 Å². The van der Waals surface area contributed by atoms with Gasteiger partial charge in [-0.05, 0) is 76.7 Å². The minimum atomic E-state index is -4.46. The smallest absolute Gasteiger partial charge is 0.456 e. The number of carbonyl (C=O) groups excluding carboxylic acids is 2. The van der Waals surface area contributed by atoms with Crippen LogP contribution in [-0.2, 0) is 27.9 Å². The SMILES string of the molecule is CC\C=C/C=C/C=C/C=C\C=C\C=C\CCCCCC(=O)OC(/C=C\CCCCCCCCCCCC)C(COP(=O)(O)OCC[N+](C)(C)C)NC(=O)CCCCCCCCCCCCCCC/C=C/CCCCCCCC. The number of nitrogens with one attached hydrogen (secondary N) is 1. The molecule has 0 aliphatic heterocycles. The van der Waals surface area contributed by atoms with Gasteiger partial charge >= 0.3 is 13.8 Å². The van der Waals surface area contributed by atoms with Crippen molar-refractivity contribution in [2.24, 2.45) is 0 Å². The summed E-state index contributed by atoms with van der Waals surface area (Å²) in [6, 6.07) is -0.872. The second kappa shape index (κ2) is 57.2. The van der Waals surface area contributed by atoms with Gasteiger partial charge in [0.25, 0.3) is 0 Å². The maximum atomic E-state index is 13.6. The van der Waals surface area contributed by atoms with Crippen LogP contribution in [-0.4, -0.2) is 74.3 Å². The third-order valence-corrected chi connectivity index (χ3v) is 14.9. The van der Waals surface area contributed by atoms with Crippen molar-refractivity contribution in [1.29, 1.82) is 0 Å². The summed E-state index contributed by atoms with van der Waals surface area (Å²) < 4.78 is 30.7. The molecule has 3 unspecified atom stereocenters. The highest BCUT2D eigenvalue weighted by molar-refractivity contribution is 7.47. The highest BCUT2D eigenvalue weighted by Crippen LogP contribution is 2.43. The Hall–Kier alpha value is -3.07. The van der Waals surface area contributed by atoms with Gasteiger partial charge in [0, 0.05) is 12.8 Å². The Morgan fingerprint density at radius 2 is 0.833 bits per heavy atom. The minimum absolute atomic E-state index is 0.0287. The van der Waals surface area contributed by atoms with Crippen molar-refractivity contribution in [2.75, 3.05) is 40.9 Å². The second-order valence-electron chi connectivity index (χ2n) is 22.7. The number of quaternary nitrogens is 1. The standard InChI is InChI=1S/C68H121N2O7P/c1-7-10-13-16-19-22-25-28-30-32-33-34-35-36-37-39-40-42-45-48-51-54-57-60-67(71)69-65(64-76-78(73,74)75-63-62-70(4,5)6)66(59-56-53-50-47-44-27-24-21-18-15-12-9-3)77-68(72)61-58-55-52-49-46-43-41-38-31-29-26-23-20-17-14-11-8-2/h11,14,17,20,23,26,28-31,38,41,43,46,56,59,65-66H,7-10,12-13,15-16,18-19,21-22,24-25,27,32-37,39-40,42,44-45,47-55,57-58,60-64H2,1-6H3,(H-,69,71,73,74)/p+1/b14-11-,20-17+,26-23+,30-28+,31-29-,41-38+,46-43+,59-56-. The maximum Gasteiger partial charge on any atom is 0.472 e. The summed E-state index contributed by atoms with van der Waals surface area (Å²) in [5.74, 6) is -0.556. The Balaban J connectivity index is 5.24. The molecule has 0 aromatic carbocycles. The second-order valence-corrected chi connectivity index (χ2v) is 24.2.